The van der Waals surface area contributed by atoms with Gasteiger partial charge in [0.05, 0.1) is 0 Å². The summed E-state index contributed by atoms with van der Waals surface area (Å²) in [5, 5.41) is 0. The Balaban J connectivity index is 3.04. The zero-order valence-corrected chi connectivity index (χ0v) is 8.03. The van der Waals surface area contributed by atoms with E-state index in [0.29, 0.717) is 11.6 Å². The summed E-state index contributed by atoms with van der Waals surface area (Å²) in [7, 11) is 0. The highest BCUT2D eigenvalue weighted by Crippen LogP contribution is 2.26. The maximum Gasteiger partial charge on any atom is 0.127 e. The summed E-state index contributed by atoms with van der Waals surface area (Å²) in [6, 6.07) is 7.52. The maximum absolute atomic E-state index is 10.8. The summed E-state index contributed by atoms with van der Waals surface area (Å²) in [4.78, 5) is 10.8. The van der Waals surface area contributed by atoms with Crippen molar-refractivity contribution >= 4 is 12.0 Å². The van der Waals surface area contributed by atoms with Gasteiger partial charge < -0.3 is 10.5 Å². The second-order valence-corrected chi connectivity index (χ2v) is 3.53. The van der Waals surface area contributed by atoms with Gasteiger partial charge in [-0.05, 0) is 17.5 Å². The third-order valence-corrected chi connectivity index (χ3v) is 2.22. The van der Waals surface area contributed by atoms with E-state index in [-0.39, 0.29) is 5.92 Å². The van der Waals surface area contributed by atoms with Crippen molar-refractivity contribution in [2.24, 2.45) is 5.92 Å². The Morgan fingerprint density at radius 1 is 1.31 bits per heavy atom. The average molecular weight is 177 g/mol. The van der Waals surface area contributed by atoms with Gasteiger partial charge in [0.1, 0.15) is 6.29 Å². The Morgan fingerprint density at radius 2 is 1.92 bits per heavy atom. The van der Waals surface area contributed by atoms with E-state index < -0.39 is 0 Å². The fourth-order valence-electron chi connectivity index (χ4n) is 1.40. The van der Waals surface area contributed by atoms with E-state index in [2.05, 4.69) is 0 Å². The zero-order chi connectivity index (χ0) is 9.84. The van der Waals surface area contributed by atoms with Crippen LogP contribution in [0.2, 0.25) is 0 Å². The van der Waals surface area contributed by atoms with E-state index in [0.717, 1.165) is 11.8 Å². The minimum absolute atomic E-state index is 0.0822. The van der Waals surface area contributed by atoms with E-state index in [1.54, 1.807) is 0 Å². The first-order valence-corrected chi connectivity index (χ1v) is 4.46. The number of anilines is 1. The molecular weight excluding hydrogens is 162 g/mol. The van der Waals surface area contributed by atoms with Crippen molar-refractivity contribution in [1.82, 2.24) is 0 Å². The summed E-state index contributed by atoms with van der Waals surface area (Å²) in [6.45, 7) is 4.04. The van der Waals surface area contributed by atoms with Gasteiger partial charge in [0.25, 0.3) is 0 Å². The molecule has 0 spiro atoms. The maximum atomic E-state index is 10.8. The van der Waals surface area contributed by atoms with Gasteiger partial charge in [-0.2, -0.15) is 0 Å². The lowest BCUT2D eigenvalue weighted by Gasteiger charge is -2.16. The van der Waals surface area contributed by atoms with Crippen molar-refractivity contribution in [1.29, 1.82) is 0 Å². The van der Waals surface area contributed by atoms with Gasteiger partial charge in [0.2, 0.25) is 0 Å². The smallest absolute Gasteiger partial charge is 0.127 e. The molecule has 13 heavy (non-hydrogen) atoms. The van der Waals surface area contributed by atoms with Crippen LogP contribution in [0.25, 0.3) is 0 Å². The largest absolute Gasteiger partial charge is 0.398 e. The third-order valence-electron chi connectivity index (χ3n) is 2.22. The van der Waals surface area contributed by atoms with Gasteiger partial charge in [-0.15, -0.1) is 0 Å². The third kappa shape index (κ3) is 2.08. The number of nitrogens with two attached hydrogens (primary N) is 1. The Bertz CT molecular complexity index is 294. The number of carbonyl (C=O) groups excluding carboxylic acids is 1. The number of para-hydroxylation sites is 1. The zero-order valence-electron chi connectivity index (χ0n) is 8.03. The minimum atomic E-state index is -0.0822. The molecule has 2 N–H and O–H groups in total. The van der Waals surface area contributed by atoms with E-state index in [9.17, 15) is 4.79 Å². The Labute approximate surface area is 78.8 Å². The molecule has 0 amide bonds. The summed E-state index contributed by atoms with van der Waals surface area (Å²) in [5.74, 6) is 0.211. The fourth-order valence-corrected chi connectivity index (χ4v) is 1.40. The number of aldehydes is 1. The first-order chi connectivity index (χ1) is 6.16. The van der Waals surface area contributed by atoms with Crippen molar-refractivity contribution in [3.8, 4) is 0 Å². The number of rotatable bonds is 3. The first kappa shape index (κ1) is 9.78. The van der Waals surface area contributed by atoms with E-state index in [1.165, 1.54) is 0 Å². The van der Waals surface area contributed by atoms with Crippen LogP contribution in [0.5, 0.6) is 0 Å². The minimum Gasteiger partial charge on any atom is -0.398 e. The molecule has 0 aliphatic heterocycles. The second kappa shape index (κ2) is 4.08. The molecule has 1 aromatic rings. The Morgan fingerprint density at radius 3 is 2.38 bits per heavy atom. The predicted molar refractivity (Wildman–Crippen MR) is 54.5 cm³/mol. The van der Waals surface area contributed by atoms with Crippen LogP contribution in [0.1, 0.15) is 25.3 Å². The molecule has 2 nitrogen and oxygen atoms in total. The van der Waals surface area contributed by atoms with Gasteiger partial charge in [0.15, 0.2) is 0 Å². The highest BCUT2D eigenvalue weighted by molar-refractivity contribution is 5.67. The van der Waals surface area contributed by atoms with Crippen molar-refractivity contribution in [2.75, 3.05) is 5.73 Å². The van der Waals surface area contributed by atoms with Gasteiger partial charge >= 0.3 is 0 Å². The monoisotopic (exact) mass is 177 g/mol. The second-order valence-electron chi connectivity index (χ2n) is 3.53. The highest BCUT2D eigenvalue weighted by atomic mass is 16.1. The number of benzene rings is 1. The lowest BCUT2D eigenvalue weighted by Crippen LogP contribution is -2.10. The fraction of sp³-hybridized carbons (Fsp3) is 0.364. The molecule has 1 unspecified atom stereocenters. The van der Waals surface area contributed by atoms with Crippen LogP contribution in [0, 0.1) is 5.92 Å². The van der Waals surface area contributed by atoms with Crippen LogP contribution in [-0.2, 0) is 4.79 Å². The molecule has 0 bridgehead atoms. The van der Waals surface area contributed by atoms with E-state index in [4.69, 9.17) is 5.73 Å². The summed E-state index contributed by atoms with van der Waals surface area (Å²) in [6.07, 6.45) is 0.969. The molecular formula is C11H15NO. The van der Waals surface area contributed by atoms with Crippen molar-refractivity contribution < 1.29 is 4.79 Å². The molecule has 0 aromatic heterocycles. The van der Waals surface area contributed by atoms with Gasteiger partial charge in [-0.1, -0.05) is 32.0 Å². The average Bonchev–Trinajstić information content (AvgIpc) is 2.09. The van der Waals surface area contributed by atoms with Crippen molar-refractivity contribution in [2.45, 2.75) is 19.8 Å². The lowest BCUT2D eigenvalue weighted by molar-refractivity contribution is -0.109. The number of nitrogen functional groups attached to an aromatic ring is 1. The van der Waals surface area contributed by atoms with Crippen LogP contribution in [0.3, 0.4) is 0 Å². The van der Waals surface area contributed by atoms with Crippen LogP contribution in [0.4, 0.5) is 5.69 Å². The van der Waals surface area contributed by atoms with Gasteiger partial charge in [0, 0.05) is 11.6 Å². The molecule has 70 valence electrons. The van der Waals surface area contributed by atoms with E-state index >= 15 is 0 Å². The molecule has 1 rings (SSSR count). The molecule has 1 atom stereocenters. The van der Waals surface area contributed by atoms with Crippen LogP contribution < -0.4 is 5.73 Å². The number of carbonyl (C=O) groups is 1. The molecule has 0 fully saturated rings. The summed E-state index contributed by atoms with van der Waals surface area (Å²) in [5.41, 5.74) is 7.42. The number of hydrogen-bond donors (Lipinski definition) is 1. The SMILES string of the molecule is CC(C)C(C=O)c1ccccc1N. The first-order valence-electron chi connectivity index (χ1n) is 4.46. The normalized spacial score (nSPS) is 12.8. The van der Waals surface area contributed by atoms with E-state index in [1.807, 2.05) is 38.1 Å². The molecule has 0 radical (unpaired) electrons. The molecule has 0 saturated heterocycles. The Kier molecular flexibility index (Phi) is 3.07. The molecule has 0 saturated carbocycles. The molecule has 1 aromatic carbocycles. The molecule has 0 heterocycles. The van der Waals surface area contributed by atoms with Crippen molar-refractivity contribution in [3.05, 3.63) is 29.8 Å². The summed E-state index contributed by atoms with van der Waals surface area (Å²) >= 11 is 0. The Hall–Kier alpha value is -1.31. The highest BCUT2D eigenvalue weighted by Gasteiger charge is 2.16. The predicted octanol–water partition coefficient (Wildman–Crippen LogP) is 2.21. The van der Waals surface area contributed by atoms with Crippen LogP contribution in [-0.4, -0.2) is 6.29 Å². The quantitative estimate of drug-likeness (QED) is 0.568. The van der Waals surface area contributed by atoms with Gasteiger partial charge in [-0.3, -0.25) is 0 Å². The molecule has 0 aliphatic carbocycles. The molecule has 0 aliphatic rings. The van der Waals surface area contributed by atoms with Crippen LogP contribution >= 0.6 is 0 Å². The standard InChI is InChI=1S/C11H15NO/c1-8(2)10(7-13)9-5-3-4-6-11(9)12/h3-8,10H,12H2,1-2H3. The lowest BCUT2D eigenvalue weighted by atomic mass is 9.89. The van der Waals surface area contributed by atoms with Crippen LogP contribution in [0.15, 0.2) is 24.3 Å². The van der Waals surface area contributed by atoms with Gasteiger partial charge in [-0.25, -0.2) is 0 Å². The molecule has 2 heteroatoms. The summed E-state index contributed by atoms with van der Waals surface area (Å²) < 4.78 is 0. The topological polar surface area (TPSA) is 43.1 Å². The number of hydrogen-bond acceptors (Lipinski definition) is 2. The van der Waals surface area contributed by atoms with Crippen molar-refractivity contribution in [3.63, 3.8) is 0 Å².